The van der Waals surface area contributed by atoms with Crippen LogP contribution in [-0.4, -0.2) is 67.0 Å². The number of nitrogens with one attached hydrogen (secondary N) is 1. The molecule has 0 spiro atoms. The van der Waals surface area contributed by atoms with E-state index in [1.54, 1.807) is 20.8 Å². The number of esters is 4. The highest BCUT2D eigenvalue weighted by Crippen LogP contribution is 2.29. The van der Waals surface area contributed by atoms with Crippen molar-refractivity contribution in [3.63, 3.8) is 0 Å². The van der Waals surface area contributed by atoms with Gasteiger partial charge in [0, 0.05) is 32.6 Å². The van der Waals surface area contributed by atoms with Gasteiger partial charge in [0.1, 0.15) is 18.8 Å². The van der Waals surface area contributed by atoms with E-state index in [4.69, 9.17) is 23.7 Å². The van der Waals surface area contributed by atoms with Gasteiger partial charge in [0.25, 0.3) is 0 Å². The molecule has 1 aliphatic heterocycles. The van der Waals surface area contributed by atoms with Crippen molar-refractivity contribution in [2.24, 2.45) is 0 Å². The minimum Gasteiger partial charge on any atom is -0.463 e. The van der Waals surface area contributed by atoms with E-state index in [1.165, 1.54) is 6.92 Å². The molecule has 1 fully saturated rings. The molecular weight excluding hydrogens is 462 g/mol. The Labute approximate surface area is 206 Å². The summed E-state index contributed by atoms with van der Waals surface area (Å²) < 4.78 is 27.9. The highest BCUT2D eigenvalue weighted by molar-refractivity contribution is 5.74. The largest absolute Gasteiger partial charge is 0.463 e. The second kappa shape index (κ2) is 16.1. The maximum Gasteiger partial charge on any atom is 0.308 e. The summed E-state index contributed by atoms with van der Waals surface area (Å²) >= 11 is 0. The molecule has 5 atom stereocenters. The number of hydrogen-bond donors (Lipinski definition) is 1. The zero-order chi connectivity index (χ0) is 26.4. The van der Waals surface area contributed by atoms with Gasteiger partial charge in [-0.25, -0.2) is 0 Å². The highest BCUT2D eigenvalue weighted by Gasteiger charge is 2.52. The zero-order valence-corrected chi connectivity index (χ0v) is 21.3. The lowest BCUT2D eigenvalue weighted by atomic mass is 9.95. The van der Waals surface area contributed by atoms with Gasteiger partial charge in [-0.05, 0) is 25.7 Å². The van der Waals surface area contributed by atoms with Gasteiger partial charge in [0.15, 0.2) is 12.2 Å². The van der Waals surface area contributed by atoms with Gasteiger partial charge in [-0.1, -0.05) is 27.7 Å². The molecule has 1 rings (SSSR count). The number of rotatable bonds is 14. The topological polar surface area (TPSA) is 144 Å². The highest BCUT2D eigenvalue weighted by atomic mass is 16.7. The van der Waals surface area contributed by atoms with Crippen LogP contribution in [-0.2, 0) is 47.7 Å². The molecule has 11 heteroatoms. The van der Waals surface area contributed by atoms with E-state index in [-0.39, 0.29) is 32.3 Å². The molecule has 0 aromatic heterocycles. The predicted molar refractivity (Wildman–Crippen MR) is 123 cm³/mol. The molecule has 1 heterocycles. The lowest BCUT2D eigenvalue weighted by Crippen LogP contribution is -2.67. The Morgan fingerprint density at radius 3 is 1.63 bits per heavy atom. The molecule has 200 valence electrons. The zero-order valence-electron chi connectivity index (χ0n) is 21.3. The van der Waals surface area contributed by atoms with Crippen LogP contribution in [0.2, 0.25) is 0 Å². The van der Waals surface area contributed by atoms with Gasteiger partial charge in [-0.3, -0.25) is 24.0 Å². The first-order valence-electron chi connectivity index (χ1n) is 12.3. The van der Waals surface area contributed by atoms with Crippen LogP contribution >= 0.6 is 0 Å². The van der Waals surface area contributed by atoms with E-state index in [2.05, 4.69) is 5.32 Å². The molecule has 1 N–H and O–H groups in total. The summed E-state index contributed by atoms with van der Waals surface area (Å²) in [6.45, 7) is 8.11. The van der Waals surface area contributed by atoms with Gasteiger partial charge in [-0.15, -0.1) is 0 Å². The number of carbonyl (C=O) groups is 5. The van der Waals surface area contributed by atoms with Crippen molar-refractivity contribution in [3.8, 4) is 0 Å². The standard InChI is InChI=1S/C24H39NO10/c1-6-10-17(27)31-14-16-22(33-18(28)11-7-2)23(34-19(29)12-8-3)21(25-15(5)26)24(32-16)35-20(30)13-9-4/h16,21-24H,6-14H2,1-5H3,(H,25,26)/t16?,21?,22-,23-,24+/m1/s1. The van der Waals surface area contributed by atoms with Crippen LogP contribution in [0.25, 0.3) is 0 Å². The Morgan fingerprint density at radius 1 is 0.686 bits per heavy atom. The van der Waals surface area contributed by atoms with E-state index < -0.39 is 60.4 Å². The van der Waals surface area contributed by atoms with E-state index in [1.807, 2.05) is 6.92 Å². The van der Waals surface area contributed by atoms with Crippen LogP contribution in [0.5, 0.6) is 0 Å². The van der Waals surface area contributed by atoms with Gasteiger partial charge >= 0.3 is 23.9 Å². The first-order chi connectivity index (χ1) is 16.7. The average Bonchev–Trinajstić information content (AvgIpc) is 2.77. The summed E-state index contributed by atoms with van der Waals surface area (Å²) in [7, 11) is 0. The van der Waals surface area contributed by atoms with Crippen LogP contribution in [0.4, 0.5) is 0 Å². The Hall–Kier alpha value is -2.69. The minimum atomic E-state index is -1.37. The minimum absolute atomic E-state index is 0.0796. The third kappa shape index (κ3) is 10.6. The average molecular weight is 502 g/mol. The fourth-order valence-corrected chi connectivity index (χ4v) is 3.48. The van der Waals surface area contributed by atoms with Crippen molar-refractivity contribution in [3.05, 3.63) is 0 Å². The maximum absolute atomic E-state index is 12.5. The van der Waals surface area contributed by atoms with Crippen LogP contribution in [0.1, 0.15) is 86.0 Å². The fourth-order valence-electron chi connectivity index (χ4n) is 3.48. The van der Waals surface area contributed by atoms with E-state index in [0.29, 0.717) is 25.7 Å². The number of carbonyl (C=O) groups excluding carboxylic acids is 5. The molecule has 1 amide bonds. The Morgan fingerprint density at radius 2 is 1.14 bits per heavy atom. The summed E-state index contributed by atoms with van der Waals surface area (Å²) in [5, 5.41) is 2.60. The summed E-state index contributed by atoms with van der Waals surface area (Å²) in [5.74, 6) is -2.75. The number of ether oxygens (including phenoxy) is 5. The third-order valence-corrected chi connectivity index (χ3v) is 5.02. The Balaban J connectivity index is 3.39. The molecule has 0 radical (unpaired) electrons. The van der Waals surface area contributed by atoms with Crippen molar-refractivity contribution in [1.82, 2.24) is 5.32 Å². The molecule has 0 aliphatic carbocycles. The van der Waals surface area contributed by atoms with Gasteiger partial charge in [0.2, 0.25) is 12.2 Å². The van der Waals surface area contributed by atoms with Crippen molar-refractivity contribution in [2.75, 3.05) is 6.61 Å². The molecule has 35 heavy (non-hydrogen) atoms. The number of hydrogen-bond acceptors (Lipinski definition) is 10. The molecule has 0 saturated carbocycles. The molecule has 0 aromatic carbocycles. The second-order valence-corrected chi connectivity index (χ2v) is 8.35. The van der Waals surface area contributed by atoms with Gasteiger partial charge in [0.05, 0.1) is 0 Å². The summed E-state index contributed by atoms with van der Waals surface area (Å²) in [6, 6.07) is -1.16. The second-order valence-electron chi connectivity index (χ2n) is 8.35. The van der Waals surface area contributed by atoms with Crippen molar-refractivity contribution in [2.45, 2.75) is 117 Å². The van der Waals surface area contributed by atoms with Crippen LogP contribution in [0, 0.1) is 0 Å². The summed E-state index contributed by atoms with van der Waals surface area (Å²) in [6.07, 6.45) is -2.42. The lowest BCUT2D eigenvalue weighted by molar-refractivity contribution is -0.272. The summed E-state index contributed by atoms with van der Waals surface area (Å²) in [5.41, 5.74) is 0. The lowest BCUT2D eigenvalue weighted by Gasteiger charge is -2.44. The molecule has 0 aromatic rings. The van der Waals surface area contributed by atoms with Gasteiger partial charge < -0.3 is 29.0 Å². The quantitative estimate of drug-likeness (QED) is 0.278. The first kappa shape index (κ1) is 30.3. The van der Waals surface area contributed by atoms with Crippen molar-refractivity contribution in [1.29, 1.82) is 0 Å². The molecule has 1 aliphatic rings. The molecule has 11 nitrogen and oxygen atoms in total. The molecule has 2 unspecified atom stereocenters. The molecule has 0 bridgehead atoms. The normalized spacial score (nSPS) is 23.6. The van der Waals surface area contributed by atoms with Crippen LogP contribution in [0.15, 0.2) is 0 Å². The smallest absolute Gasteiger partial charge is 0.308 e. The third-order valence-electron chi connectivity index (χ3n) is 5.02. The van der Waals surface area contributed by atoms with E-state index in [9.17, 15) is 24.0 Å². The van der Waals surface area contributed by atoms with Gasteiger partial charge in [-0.2, -0.15) is 0 Å². The monoisotopic (exact) mass is 501 g/mol. The van der Waals surface area contributed by atoms with Crippen LogP contribution in [0.3, 0.4) is 0 Å². The van der Waals surface area contributed by atoms with E-state index in [0.717, 1.165) is 0 Å². The Bertz CT molecular complexity index is 725. The van der Waals surface area contributed by atoms with E-state index >= 15 is 0 Å². The number of amides is 1. The fraction of sp³-hybridized carbons (Fsp3) is 0.792. The van der Waals surface area contributed by atoms with Crippen LogP contribution < -0.4 is 5.32 Å². The van der Waals surface area contributed by atoms with Crippen molar-refractivity contribution < 1.29 is 47.7 Å². The predicted octanol–water partition coefficient (Wildman–Crippen LogP) is 2.33. The molecule has 1 saturated heterocycles. The molecular formula is C24H39NO10. The Kier molecular flexibility index (Phi) is 13.9. The maximum atomic E-state index is 12.5. The SMILES string of the molecule is CCCC(=O)OCC1O[C@@H](OC(=O)CCC)C(NC(C)=O)[C@@H](OC(=O)CCC)[C@@H]1OC(=O)CCC. The summed E-state index contributed by atoms with van der Waals surface area (Å²) in [4.78, 5) is 61.2. The first-order valence-corrected chi connectivity index (χ1v) is 12.3. The van der Waals surface area contributed by atoms with Crippen molar-refractivity contribution >= 4 is 29.8 Å².